The molecule has 25 heteroatoms. The van der Waals surface area contributed by atoms with E-state index in [9.17, 15) is 19.2 Å². The SMILES string of the molecule is CN(C)C/C=C/C(=O)O.[C-]#[N+]c1ccnc(NC(=O)c2ccc(-c3nn([C@@H]4CCN(C(=O)/C=C/CN(C)C)C4)c4ncnc(N)c34)cc2)c1.[C-]#[N+]c1ccnc(NC(=O)c2ccc(-c3nn([C@@H]4CCNC4)c4ncnc(N)c34)cc2)c1. The maximum atomic E-state index is 12.8. The number of rotatable bonds is 14. The summed E-state index contributed by atoms with van der Waals surface area (Å²) in [5, 5.41) is 27.9. The number of hydrogen-bond donors (Lipinski definition) is 6. The van der Waals surface area contributed by atoms with Crippen LogP contribution >= 0.6 is 0 Å². The van der Waals surface area contributed by atoms with E-state index in [1.807, 2.05) is 70.5 Å². The molecular weight excluding hydrogens is 1030 g/mol. The summed E-state index contributed by atoms with van der Waals surface area (Å²) in [6.07, 6.45) is 13.7. The number of amides is 3. The van der Waals surface area contributed by atoms with Gasteiger partial charge in [-0.2, -0.15) is 10.2 Å². The number of hydrogen-bond acceptors (Lipinski definition) is 17. The molecule has 6 aromatic heterocycles. The summed E-state index contributed by atoms with van der Waals surface area (Å²) in [6.45, 7) is 18.4. The van der Waals surface area contributed by atoms with Gasteiger partial charge < -0.3 is 47.2 Å². The summed E-state index contributed by atoms with van der Waals surface area (Å²) >= 11 is 0. The third-order valence-electron chi connectivity index (χ3n) is 12.8. The maximum Gasteiger partial charge on any atom is 0.328 e. The van der Waals surface area contributed by atoms with Crippen molar-refractivity contribution in [2.24, 2.45) is 0 Å². The highest BCUT2D eigenvalue weighted by Crippen LogP contribution is 2.35. The van der Waals surface area contributed by atoms with Gasteiger partial charge in [0.15, 0.2) is 22.7 Å². The number of likely N-dealkylation sites (N-methyl/N-ethyl adjacent to an activating group) is 2. The van der Waals surface area contributed by atoms with Crippen molar-refractivity contribution in [3.05, 3.63) is 156 Å². The van der Waals surface area contributed by atoms with E-state index >= 15 is 0 Å². The van der Waals surface area contributed by atoms with E-state index in [-0.39, 0.29) is 29.8 Å². The molecule has 8 aromatic rings. The fourth-order valence-electron chi connectivity index (χ4n) is 8.78. The third-order valence-corrected chi connectivity index (χ3v) is 12.8. The normalized spacial score (nSPS) is 14.8. The zero-order chi connectivity index (χ0) is 57.6. The highest BCUT2D eigenvalue weighted by atomic mass is 16.4. The number of fused-ring (bicyclic) bond motifs is 2. The number of benzene rings is 2. The summed E-state index contributed by atoms with van der Waals surface area (Å²) in [6, 6.07) is 20.3. The van der Waals surface area contributed by atoms with Gasteiger partial charge in [0.25, 0.3) is 11.8 Å². The van der Waals surface area contributed by atoms with Crippen molar-refractivity contribution in [2.45, 2.75) is 24.9 Å². The summed E-state index contributed by atoms with van der Waals surface area (Å²) in [5.74, 6) is -0.291. The van der Waals surface area contributed by atoms with Gasteiger partial charge >= 0.3 is 5.97 Å². The lowest BCUT2D eigenvalue weighted by molar-refractivity contribution is -0.131. The van der Waals surface area contributed by atoms with Crippen molar-refractivity contribution in [2.75, 3.05) is 89.6 Å². The Balaban J connectivity index is 0.000000188. The molecule has 0 radical (unpaired) electrons. The average Bonchev–Trinajstić information content (AvgIpc) is 4.50. The Hall–Kier alpha value is -10.3. The molecule has 8 N–H and O–H groups in total. The number of carbonyl (C=O) groups is 4. The minimum atomic E-state index is -0.892. The van der Waals surface area contributed by atoms with Crippen LogP contribution in [0.5, 0.6) is 0 Å². The van der Waals surface area contributed by atoms with Crippen LogP contribution in [0.1, 0.15) is 45.6 Å². The van der Waals surface area contributed by atoms with Crippen LogP contribution in [-0.4, -0.2) is 160 Å². The molecule has 10 rings (SSSR count). The maximum absolute atomic E-state index is 12.8. The van der Waals surface area contributed by atoms with Crippen molar-refractivity contribution in [1.82, 2.24) is 69.5 Å². The fraction of sp³-hybridized carbons (Fsp3) is 0.250. The standard InChI is InChI=1S/C28H28N10O2.C22H19N9O.C6H11NO2/c1-30-20-10-12-31-22(15-20)34-28(40)19-8-6-18(7-9-19)25-24-26(29)32-17-33-27(24)38(35-25)21-11-14-37(16-21)23(39)5-4-13-36(2)3;1-24-15-6-9-26-17(10-15)29-22(32)14-4-2-13(3-5-14)19-18-20(23)27-12-28-21(18)31(30-19)16-7-8-25-11-16;1-7(2)5-3-4-6(8)9/h4-10,12,15,17,21H,11,13-14,16H2,2-3H3,(H2,29,32,33)(H,31,34,40);2-6,9-10,12,16,25H,7-8,11H2,(H2,23,27,28)(H,26,29,32);3-4H,5H2,1-2H3,(H,8,9)/b5-4+;;4-3+/t21-;16-;/m11./s1. The summed E-state index contributed by atoms with van der Waals surface area (Å²) in [5.41, 5.74) is 18.3. The van der Waals surface area contributed by atoms with Gasteiger partial charge in [-0.3, -0.25) is 14.4 Å². The summed E-state index contributed by atoms with van der Waals surface area (Å²) in [7, 11) is 7.66. The van der Waals surface area contributed by atoms with Crippen LogP contribution in [0.4, 0.5) is 34.6 Å². The first-order valence-electron chi connectivity index (χ1n) is 25.4. The van der Waals surface area contributed by atoms with E-state index in [4.69, 9.17) is 39.9 Å². The third kappa shape index (κ3) is 14.2. The van der Waals surface area contributed by atoms with Crippen LogP contribution in [-0.2, 0) is 9.59 Å². The van der Waals surface area contributed by atoms with Crippen molar-refractivity contribution >= 4 is 80.4 Å². The van der Waals surface area contributed by atoms with Crippen molar-refractivity contribution in [3.8, 4) is 22.5 Å². The lowest BCUT2D eigenvalue weighted by Gasteiger charge is -2.15. The second-order valence-electron chi connectivity index (χ2n) is 19.1. The molecule has 412 valence electrons. The highest BCUT2D eigenvalue weighted by molar-refractivity contribution is 6.06. The zero-order valence-corrected chi connectivity index (χ0v) is 44.8. The molecule has 2 aliphatic rings. The summed E-state index contributed by atoms with van der Waals surface area (Å²) in [4.78, 5) is 85.7. The van der Waals surface area contributed by atoms with E-state index in [0.29, 0.717) is 105 Å². The van der Waals surface area contributed by atoms with E-state index in [1.165, 1.54) is 37.2 Å². The lowest BCUT2D eigenvalue weighted by Crippen LogP contribution is -2.28. The zero-order valence-electron chi connectivity index (χ0n) is 44.8. The molecule has 0 unspecified atom stereocenters. The molecule has 2 atom stereocenters. The van der Waals surface area contributed by atoms with Gasteiger partial charge in [0.1, 0.15) is 47.3 Å². The van der Waals surface area contributed by atoms with Crippen LogP contribution < -0.4 is 27.4 Å². The second-order valence-corrected chi connectivity index (χ2v) is 19.1. The predicted octanol–water partition coefficient (Wildman–Crippen LogP) is 6.16. The van der Waals surface area contributed by atoms with Gasteiger partial charge in [-0.05, 0) is 96.1 Å². The van der Waals surface area contributed by atoms with Gasteiger partial charge in [0.2, 0.25) is 5.91 Å². The molecule has 2 fully saturated rings. The number of nitrogens with zero attached hydrogens (tertiary/aromatic N) is 15. The fourth-order valence-corrected chi connectivity index (χ4v) is 8.78. The average molecular weight is 1090 g/mol. The van der Waals surface area contributed by atoms with Gasteiger partial charge in [0.05, 0.1) is 36.0 Å². The van der Waals surface area contributed by atoms with E-state index in [0.717, 1.165) is 43.1 Å². The minimum absolute atomic E-state index is 0.0277. The first-order valence-corrected chi connectivity index (χ1v) is 25.4. The number of carboxylic acid groups (broad SMARTS) is 1. The van der Waals surface area contributed by atoms with Gasteiger partial charge in [-0.1, -0.05) is 36.4 Å². The molecule has 2 aromatic carbocycles. The molecule has 8 heterocycles. The Kier molecular flexibility index (Phi) is 18.5. The number of carboxylic acids is 1. The Morgan fingerprint density at radius 1 is 0.679 bits per heavy atom. The Labute approximate surface area is 465 Å². The molecular formula is C56H58N20O5. The number of pyridine rings is 2. The Morgan fingerprint density at radius 2 is 1.16 bits per heavy atom. The van der Waals surface area contributed by atoms with Crippen molar-refractivity contribution in [3.63, 3.8) is 0 Å². The molecule has 0 saturated carbocycles. The quantitative estimate of drug-likeness (QED) is 0.0524. The number of nitrogens with two attached hydrogens (primary N) is 2. The van der Waals surface area contributed by atoms with Crippen LogP contribution in [0.3, 0.4) is 0 Å². The largest absolute Gasteiger partial charge is 0.478 e. The number of nitrogen functional groups attached to an aromatic ring is 2. The molecule has 0 bridgehead atoms. The molecule has 2 aliphatic heterocycles. The summed E-state index contributed by atoms with van der Waals surface area (Å²) < 4.78 is 3.75. The van der Waals surface area contributed by atoms with Gasteiger partial charge in [-0.15, -0.1) is 0 Å². The Morgan fingerprint density at radius 3 is 1.60 bits per heavy atom. The highest BCUT2D eigenvalue weighted by Gasteiger charge is 2.31. The van der Waals surface area contributed by atoms with Crippen LogP contribution in [0.25, 0.3) is 54.3 Å². The van der Waals surface area contributed by atoms with E-state index in [2.05, 4.69) is 55.5 Å². The van der Waals surface area contributed by atoms with Crippen LogP contribution in [0, 0.1) is 13.1 Å². The molecule has 25 nitrogen and oxygen atoms in total. The number of carbonyl (C=O) groups excluding carboxylic acids is 3. The molecule has 0 spiro atoms. The number of aromatic nitrogens is 10. The second kappa shape index (κ2) is 26.3. The molecule has 0 aliphatic carbocycles. The smallest absolute Gasteiger partial charge is 0.328 e. The molecule has 3 amide bonds. The first-order chi connectivity index (χ1) is 39.1. The lowest BCUT2D eigenvalue weighted by atomic mass is 10.1. The molecule has 2 saturated heterocycles. The Bertz CT molecular complexity index is 3720. The van der Waals surface area contributed by atoms with Crippen molar-refractivity contribution < 1.29 is 24.3 Å². The van der Waals surface area contributed by atoms with Gasteiger partial charge in [0, 0.05) is 79.5 Å². The number of anilines is 4. The number of nitrogens with one attached hydrogen (secondary N) is 3. The van der Waals surface area contributed by atoms with E-state index in [1.54, 1.807) is 60.7 Å². The topological polar surface area (TPSA) is 308 Å². The minimum Gasteiger partial charge on any atom is -0.478 e. The number of aliphatic carboxylic acids is 1. The molecule has 81 heavy (non-hydrogen) atoms. The van der Waals surface area contributed by atoms with Crippen LogP contribution in [0.2, 0.25) is 0 Å². The van der Waals surface area contributed by atoms with Crippen LogP contribution in [0.15, 0.2) is 122 Å². The predicted molar refractivity (Wildman–Crippen MR) is 307 cm³/mol. The number of likely N-dealkylation sites (tertiary alicyclic amines) is 1. The first kappa shape index (κ1) is 56.9. The van der Waals surface area contributed by atoms with Gasteiger partial charge in [-0.25, -0.2) is 53.8 Å². The monoisotopic (exact) mass is 1090 g/mol. The van der Waals surface area contributed by atoms with E-state index < -0.39 is 5.97 Å². The van der Waals surface area contributed by atoms with Crippen molar-refractivity contribution in [1.29, 1.82) is 0 Å².